The Kier molecular flexibility index (Phi) is 8.18. The summed E-state index contributed by atoms with van der Waals surface area (Å²) in [6, 6.07) is 4.85. The fourth-order valence-electron chi connectivity index (χ4n) is 2.15. The van der Waals surface area contributed by atoms with Crippen LogP contribution in [0.25, 0.3) is 0 Å². The highest BCUT2D eigenvalue weighted by Crippen LogP contribution is 2.36. The first-order chi connectivity index (χ1) is 10.9. The first kappa shape index (κ1) is 20.9. The van der Waals surface area contributed by atoms with E-state index in [-0.39, 0.29) is 36.7 Å². The van der Waals surface area contributed by atoms with Gasteiger partial charge in [-0.15, -0.1) is 24.2 Å². The second-order valence-corrected chi connectivity index (χ2v) is 6.19. The van der Waals surface area contributed by atoms with Gasteiger partial charge in [0, 0.05) is 11.6 Å². The van der Waals surface area contributed by atoms with Gasteiger partial charge in [-0.05, 0) is 18.6 Å². The summed E-state index contributed by atoms with van der Waals surface area (Å²) in [7, 11) is 0. The van der Waals surface area contributed by atoms with Gasteiger partial charge in [0.15, 0.2) is 0 Å². The summed E-state index contributed by atoms with van der Waals surface area (Å²) < 4.78 is 44.4. The van der Waals surface area contributed by atoms with Crippen LogP contribution in [0, 0.1) is 0 Å². The molecular weight excluding hydrogens is 365 g/mol. The van der Waals surface area contributed by atoms with Gasteiger partial charge in [-0.2, -0.15) is 13.2 Å². The number of hydrogen-bond donors (Lipinski definition) is 2. The van der Waals surface area contributed by atoms with Crippen LogP contribution in [0.1, 0.15) is 18.9 Å². The van der Waals surface area contributed by atoms with Gasteiger partial charge in [-0.1, -0.05) is 19.1 Å². The van der Waals surface area contributed by atoms with E-state index in [0.29, 0.717) is 12.2 Å². The molecule has 1 fully saturated rings. The zero-order valence-electron chi connectivity index (χ0n) is 13.1. The summed E-state index contributed by atoms with van der Waals surface area (Å²) in [5.74, 6) is 1.06. The van der Waals surface area contributed by atoms with Crippen LogP contribution in [0.5, 0.6) is 5.75 Å². The van der Waals surface area contributed by atoms with E-state index < -0.39 is 17.8 Å². The van der Waals surface area contributed by atoms with Crippen molar-refractivity contribution in [3.63, 3.8) is 0 Å². The number of carbonyl (C=O) groups is 1. The van der Waals surface area contributed by atoms with E-state index in [1.165, 1.54) is 18.2 Å². The summed E-state index contributed by atoms with van der Waals surface area (Å²) in [6.45, 7) is 1.97. The maximum absolute atomic E-state index is 13.0. The highest BCUT2D eigenvalue weighted by molar-refractivity contribution is 7.99. The summed E-state index contributed by atoms with van der Waals surface area (Å²) in [4.78, 5) is 11.9. The molecule has 0 spiro atoms. The van der Waals surface area contributed by atoms with Crippen LogP contribution in [-0.2, 0) is 11.0 Å². The van der Waals surface area contributed by atoms with Crippen molar-refractivity contribution in [1.82, 2.24) is 10.6 Å². The number of carbonyl (C=O) groups excluding carboxylic acids is 1. The molecule has 0 aliphatic carbocycles. The summed E-state index contributed by atoms with van der Waals surface area (Å²) in [5.41, 5.74) is -0.807. The van der Waals surface area contributed by atoms with Crippen molar-refractivity contribution in [3.8, 4) is 5.75 Å². The normalized spacial score (nSPS) is 18.6. The third-order valence-electron chi connectivity index (χ3n) is 3.48. The quantitative estimate of drug-likeness (QED) is 0.791. The molecule has 0 aromatic heterocycles. The Morgan fingerprint density at radius 2 is 2.17 bits per heavy atom. The Labute approximate surface area is 149 Å². The lowest BCUT2D eigenvalue weighted by molar-refractivity contribution is -0.139. The monoisotopic (exact) mass is 384 g/mol. The van der Waals surface area contributed by atoms with Crippen molar-refractivity contribution >= 4 is 30.1 Å². The molecule has 1 heterocycles. The Hall–Kier alpha value is -1.12. The lowest BCUT2D eigenvalue weighted by Crippen LogP contribution is -2.45. The van der Waals surface area contributed by atoms with E-state index in [4.69, 9.17) is 4.74 Å². The average molecular weight is 385 g/mol. The number of thioether (sulfide) groups is 1. The van der Waals surface area contributed by atoms with E-state index in [2.05, 4.69) is 10.6 Å². The van der Waals surface area contributed by atoms with Crippen molar-refractivity contribution < 1.29 is 22.7 Å². The van der Waals surface area contributed by atoms with Gasteiger partial charge in [-0.3, -0.25) is 10.1 Å². The minimum Gasteiger partial charge on any atom is -0.488 e. The Bertz CT molecular complexity index is 540. The Morgan fingerprint density at radius 1 is 1.46 bits per heavy atom. The third kappa shape index (κ3) is 5.75. The van der Waals surface area contributed by atoms with Crippen molar-refractivity contribution in [2.75, 3.05) is 18.2 Å². The zero-order valence-corrected chi connectivity index (χ0v) is 14.7. The third-order valence-corrected chi connectivity index (χ3v) is 4.42. The number of para-hydroxylation sites is 1. The molecule has 1 aliphatic rings. The van der Waals surface area contributed by atoms with Gasteiger partial charge < -0.3 is 10.1 Å². The highest BCUT2D eigenvalue weighted by atomic mass is 35.5. The van der Waals surface area contributed by atoms with Gasteiger partial charge in [0.05, 0.1) is 18.2 Å². The van der Waals surface area contributed by atoms with Gasteiger partial charge in [-0.25, -0.2) is 0 Å². The molecule has 1 aliphatic heterocycles. The number of hydrogen-bond acceptors (Lipinski definition) is 4. The molecule has 1 aromatic rings. The number of halogens is 4. The molecule has 4 nitrogen and oxygen atoms in total. The SMILES string of the molecule is CCC(CNC(=O)C1CSCN1)Oc1ccccc1C(F)(F)F.Cl. The predicted octanol–water partition coefficient (Wildman–Crippen LogP) is 3.06. The minimum absolute atomic E-state index is 0. The molecule has 2 N–H and O–H groups in total. The van der Waals surface area contributed by atoms with E-state index in [0.717, 1.165) is 11.9 Å². The number of ether oxygens (including phenoxy) is 1. The fourth-order valence-corrected chi connectivity index (χ4v) is 3.10. The van der Waals surface area contributed by atoms with Gasteiger partial charge in [0.1, 0.15) is 11.9 Å². The summed E-state index contributed by atoms with van der Waals surface area (Å²) in [6.07, 6.45) is -4.50. The smallest absolute Gasteiger partial charge is 0.419 e. The topological polar surface area (TPSA) is 50.4 Å². The van der Waals surface area contributed by atoms with Crippen LogP contribution >= 0.6 is 24.2 Å². The number of benzene rings is 1. The molecule has 1 amide bonds. The first-order valence-electron chi connectivity index (χ1n) is 7.33. The molecule has 2 atom stereocenters. The van der Waals surface area contributed by atoms with Crippen molar-refractivity contribution in [3.05, 3.63) is 29.8 Å². The van der Waals surface area contributed by atoms with Crippen LogP contribution in [-0.4, -0.2) is 36.2 Å². The molecule has 0 saturated carbocycles. The molecule has 24 heavy (non-hydrogen) atoms. The molecule has 2 unspecified atom stereocenters. The van der Waals surface area contributed by atoms with Crippen LogP contribution in [0.2, 0.25) is 0 Å². The maximum Gasteiger partial charge on any atom is 0.419 e. The summed E-state index contributed by atoms with van der Waals surface area (Å²) in [5, 5.41) is 5.77. The minimum atomic E-state index is -4.47. The lowest BCUT2D eigenvalue weighted by atomic mass is 10.2. The number of nitrogens with one attached hydrogen (secondary N) is 2. The molecule has 1 saturated heterocycles. The molecule has 0 radical (unpaired) electrons. The molecule has 136 valence electrons. The van der Waals surface area contributed by atoms with E-state index in [9.17, 15) is 18.0 Å². The van der Waals surface area contributed by atoms with Crippen molar-refractivity contribution in [2.45, 2.75) is 31.7 Å². The second-order valence-electron chi connectivity index (χ2n) is 5.16. The van der Waals surface area contributed by atoms with Gasteiger partial charge >= 0.3 is 6.18 Å². The average Bonchev–Trinajstić information content (AvgIpc) is 3.05. The van der Waals surface area contributed by atoms with Gasteiger partial charge in [0.25, 0.3) is 0 Å². The fraction of sp³-hybridized carbons (Fsp3) is 0.533. The predicted molar refractivity (Wildman–Crippen MR) is 90.7 cm³/mol. The van der Waals surface area contributed by atoms with Crippen LogP contribution in [0.15, 0.2) is 24.3 Å². The lowest BCUT2D eigenvalue weighted by Gasteiger charge is -2.21. The van der Waals surface area contributed by atoms with Gasteiger partial charge in [0.2, 0.25) is 5.91 Å². The molecule has 9 heteroatoms. The van der Waals surface area contributed by atoms with Crippen LogP contribution in [0.4, 0.5) is 13.2 Å². The number of rotatable bonds is 6. The van der Waals surface area contributed by atoms with E-state index in [1.807, 2.05) is 0 Å². The molecular formula is C15H20ClF3N2O2S. The van der Waals surface area contributed by atoms with Crippen LogP contribution < -0.4 is 15.4 Å². The van der Waals surface area contributed by atoms with E-state index >= 15 is 0 Å². The van der Waals surface area contributed by atoms with Crippen molar-refractivity contribution in [1.29, 1.82) is 0 Å². The highest BCUT2D eigenvalue weighted by Gasteiger charge is 2.34. The first-order valence-corrected chi connectivity index (χ1v) is 8.49. The maximum atomic E-state index is 13.0. The molecule has 0 bridgehead atoms. The van der Waals surface area contributed by atoms with E-state index in [1.54, 1.807) is 18.7 Å². The standard InChI is InChI=1S/C15H19F3N2O2S.ClH/c1-2-10(7-19-14(21)12-8-23-9-20-12)22-13-6-4-3-5-11(13)15(16,17)18;/h3-6,10,12,20H,2,7-9H2,1H3,(H,19,21);1H. The molecule has 1 aromatic carbocycles. The zero-order chi connectivity index (χ0) is 16.9. The molecule has 2 rings (SSSR count). The largest absolute Gasteiger partial charge is 0.488 e. The number of alkyl halides is 3. The number of amides is 1. The van der Waals surface area contributed by atoms with Crippen molar-refractivity contribution in [2.24, 2.45) is 0 Å². The second kappa shape index (κ2) is 9.39. The Balaban J connectivity index is 0.00000288. The van der Waals surface area contributed by atoms with Crippen LogP contribution in [0.3, 0.4) is 0 Å². The summed E-state index contributed by atoms with van der Waals surface area (Å²) >= 11 is 1.63. The Morgan fingerprint density at radius 3 is 2.75 bits per heavy atom.